The molecule has 3 heterocycles. The third kappa shape index (κ3) is 2.07. The van der Waals surface area contributed by atoms with E-state index in [-0.39, 0.29) is 30.3 Å². The van der Waals surface area contributed by atoms with E-state index in [9.17, 15) is 14.4 Å². The summed E-state index contributed by atoms with van der Waals surface area (Å²) in [5, 5.41) is 2.29. The number of urea groups is 1. The number of carbonyl (C=O) groups excluding carboxylic acids is 3. The number of rotatable bonds is 1. The molecule has 3 aliphatic rings. The summed E-state index contributed by atoms with van der Waals surface area (Å²) in [7, 11) is 0. The largest absolute Gasteiger partial charge is 0.480 e. The Hall–Kier alpha value is -2.57. The number of benzene rings is 1. The maximum Gasteiger partial charge on any atom is 0.324 e. The minimum Gasteiger partial charge on any atom is -0.480 e. The summed E-state index contributed by atoms with van der Waals surface area (Å²) in [6, 6.07) is 6.68. The fourth-order valence-corrected chi connectivity index (χ4v) is 3.52. The van der Waals surface area contributed by atoms with E-state index in [1.54, 1.807) is 4.90 Å². The first-order valence-electron chi connectivity index (χ1n) is 7.72. The van der Waals surface area contributed by atoms with Crippen molar-refractivity contribution in [1.29, 1.82) is 0 Å². The predicted octanol–water partition coefficient (Wildman–Crippen LogP) is 0.314. The Morgan fingerprint density at radius 3 is 2.83 bits per heavy atom. The number of ether oxygens (including phenoxy) is 1. The molecule has 3 atom stereocenters. The van der Waals surface area contributed by atoms with E-state index in [0.717, 1.165) is 11.3 Å². The predicted molar refractivity (Wildman–Crippen MR) is 79.9 cm³/mol. The number of hydrogen-bond donors (Lipinski definition) is 1. The van der Waals surface area contributed by atoms with Crippen LogP contribution in [0.15, 0.2) is 24.3 Å². The van der Waals surface area contributed by atoms with E-state index in [0.29, 0.717) is 13.1 Å². The molecule has 4 amide bonds. The summed E-state index contributed by atoms with van der Waals surface area (Å²) in [6.45, 7) is 2.97. The lowest BCUT2D eigenvalue weighted by Gasteiger charge is -2.36. The highest BCUT2D eigenvalue weighted by atomic mass is 16.5. The molecule has 1 N–H and O–H groups in total. The van der Waals surface area contributed by atoms with Gasteiger partial charge in [-0.2, -0.15) is 0 Å². The summed E-state index contributed by atoms with van der Waals surface area (Å²) < 4.78 is 5.82. The third-order valence-electron chi connectivity index (χ3n) is 4.85. The first-order valence-corrected chi connectivity index (χ1v) is 7.72. The second-order valence-corrected chi connectivity index (χ2v) is 6.15. The molecule has 0 bridgehead atoms. The molecular weight excluding hydrogens is 298 g/mol. The molecule has 0 radical (unpaired) electrons. The van der Waals surface area contributed by atoms with E-state index >= 15 is 0 Å². The van der Waals surface area contributed by atoms with Crippen molar-refractivity contribution in [2.75, 3.05) is 19.6 Å². The molecule has 7 heteroatoms. The highest BCUT2D eigenvalue weighted by molar-refractivity contribution is 6.04. The molecule has 120 valence electrons. The van der Waals surface area contributed by atoms with Crippen LogP contribution in [0, 0.1) is 0 Å². The minimum atomic E-state index is -0.584. The van der Waals surface area contributed by atoms with Crippen LogP contribution < -0.4 is 10.1 Å². The Labute approximate surface area is 133 Å². The van der Waals surface area contributed by atoms with Crippen molar-refractivity contribution in [3.63, 3.8) is 0 Å². The lowest BCUT2D eigenvalue weighted by Crippen LogP contribution is -2.57. The maximum absolute atomic E-state index is 12.8. The van der Waals surface area contributed by atoms with Gasteiger partial charge in [0, 0.05) is 24.6 Å². The van der Waals surface area contributed by atoms with Crippen molar-refractivity contribution in [2.45, 2.75) is 25.0 Å². The molecule has 0 aromatic heterocycles. The molecule has 1 aromatic rings. The quantitative estimate of drug-likeness (QED) is 0.757. The number of nitrogens with one attached hydrogen (secondary N) is 1. The van der Waals surface area contributed by atoms with Crippen LogP contribution in [0.5, 0.6) is 5.75 Å². The molecule has 0 saturated carbocycles. The lowest BCUT2D eigenvalue weighted by molar-refractivity contribution is -0.141. The van der Waals surface area contributed by atoms with Gasteiger partial charge in [0.1, 0.15) is 11.8 Å². The number of hydrogen-bond acceptors (Lipinski definition) is 4. The first kappa shape index (κ1) is 14.0. The summed E-state index contributed by atoms with van der Waals surface area (Å²) in [5.41, 5.74) is 1.03. The molecule has 0 spiro atoms. The average molecular weight is 315 g/mol. The zero-order chi connectivity index (χ0) is 16.1. The number of fused-ring (bicyclic) bond motifs is 2. The van der Waals surface area contributed by atoms with Gasteiger partial charge in [0.25, 0.3) is 11.8 Å². The molecule has 0 unspecified atom stereocenters. The van der Waals surface area contributed by atoms with E-state index < -0.39 is 12.1 Å². The zero-order valence-corrected chi connectivity index (χ0v) is 12.7. The zero-order valence-electron chi connectivity index (χ0n) is 12.7. The highest BCUT2D eigenvalue weighted by Gasteiger charge is 2.46. The van der Waals surface area contributed by atoms with Crippen LogP contribution >= 0.6 is 0 Å². The SMILES string of the molecule is C[C@@H]1c2ccccc2O[C@@H]1C(=O)N1CCN2C(=O)NC(=O)[C@@H]2C1. The van der Waals surface area contributed by atoms with Crippen LogP contribution in [-0.4, -0.2) is 59.4 Å². The van der Waals surface area contributed by atoms with Gasteiger partial charge in [-0.05, 0) is 6.07 Å². The standard InChI is InChI=1S/C16H17N3O4/c1-9-10-4-2-3-5-12(10)23-13(9)15(21)18-6-7-19-11(8-18)14(20)17-16(19)22/h2-5,9,11,13H,6-8H2,1H3,(H,17,20,22)/t9-,11+,13+/m1/s1. The molecule has 4 rings (SSSR count). The van der Waals surface area contributed by atoms with Gasteiger partial charge in [-0.25, -0.2) is 4.79 Å². The van der Waals surface area contributed by atoms with Crippen LogP contribution in [0.2, 0.25) is 0 Å². The van der Waals surface area contributed by atoms with Crippen molar-refractivity contribution in [3.8, 4) is 5.75 Å². The maximum atomic E-state index is 12.8. The van der Waals surface area contributed by atoms with E-state index in [1.165, 1.54) is 4.90 Å². The van der Waals surface area contributed by atoms with Crippen LogP contribution in [0.1, 0.15) is 18.4 Å². The normalized spacial score (nSPS) is 29.0. The van der Waals surface area contributed by atoms with Crippen LogP contribution in [0.25, 0.3) is 0 Å². The molecule has 2 fully saturated rings. The van der Waals surface area contributed by atoms with Crippen molar-refractivity contribution < 1.29 is 19.1 Å². The molecule has 1 aromatic carbocycles. The van der Waals surface area contributed by atoms with Gasteiger partial charge >= 0.3 is 6.03 Å². The van der Waals surface area contributed by atoms with Crippen molar-refractivity contribution in [1.82, 2.24) is 15.1 Å². The number of nitrogens with zero attached hydrogens (tertiary/aromatic N) is 2. The molecule has 7 nitrogen and oxygen atoms in total. The number of carbonyl (C=O) groups is 3. The number of amides is 4. The summed E-state index contributed by atoms with van der Waals surface area (Å²) in [5.74, 6) is 0.248. The fraction of sp³-hybridized carbons (Fsp3) is 0.438. The smallest absolute Gasteiger partial charge is 0.324 e. The van der Waals surface area contributed by atoms with E-state index in [1.807, 2.05) is 31.2 Å². The average Bonchev–Trinajstić information content (AvgIpc) is 3.04. The Morgan fingerprint density at radius 2 is 2.04 bits per heavy atom. The van der Waals surface area contributed by atoms with Gasteiger partial charge in [-0.15, -0.1) is 0 Å². The highest BCUT2D eigenvalue weighted by Crippen LogP contribution is 2.38. The number of imide groups is 1. The molecule has 3 aliphatic heterocycles. The van der Waals surface area contributed by atoms with Crippen molar-refractivity contribution in [2.24, 2.45) is 0 Å². The Morgan fingerprint density at radius 1 is 1.26 bits per heavy atom. The Bertz CT molecular complexity index is 704. The molecule has 0 aliphatic carbocycles. The van der Waals surface area contributed by atoms with Gasteiger partial charge in [-0.3, -0.25) is 14.9 Å². The number of para-hydroxylation sites is 1. The third-order valence-corrected chi connectivity index (χ3v) is 4.85. The topological polar surface area (TPSA) is 79.0 Å². The van der Waals surface area contributed by atoms with Crippen LogP contribution in [-0.2, 0) is 9.59 Å². The molecule has 2 saturated heterocycles. The van der Waals surface area contributed by atoms with Crippen molar-refractivity contribution in [3.05, 3.63) is 29.8 Å². The summed E-state index contributed by atoms with van der Waals surface area (Å²) in [4.78, 5) is 39.4. The molecule has 23 heavy (non-hydrogen) atoms. The summed E-state index contributed by atoms with van der Waals surface area (Å²) in [6.07, 6.45) is -0.570. The summed E-state index contributed by atoms with van der Waals surface area (Å²) >= 11 is 0. The van der Waals surface area contributed by atoms with Crippen LogP contribution in [0.3, 0.4) is 0 Å². The van der Waals surface area contributed by atoms with Crippen LogP contribution in [0.4, 0.5) is 4.79 Å². The van der Waals surface area contributed by atoms with Gasteiger partial charge in [-0.1, -0.05) is 25.1 Å². The second-order valence-electron chi connectivity index (χ2n) is 6.15. The van der Waals surface area contributed by atoms with E-state index in [4.69, 9.17) is 4.74 Å². The monoisotopic (exact) mass is 315 g/mol. The lowest BCUT2D eigenvalue weighted by atomic mass is 9.96. The van der Waals surface area contributed by atoms with E-state index in [2.05, 4.69) is 5.32 Å². The fourth-order valence-electron chi connectivity index (χ4n) is 3.52. The van der Waals surface area contributed by atoms with Gasteiger partial charge in [0.15, 0.2) is 6.10 Å². The minimum absolute atomic E-state index is 0.0317. The molecular formula is C16H17N3O4. The van der Waals surface area contributed by atoms with Crippen molar-refractivity contribution >= 4 is 17.8 Å². The van der Waals surface area contributed by atoms with Gasteiger partial charge in [0.05, 0.1) is 6.54 Å². The van der Waals surface area contributed by atoms with Gasteiger partial charge < -0.3 is 14.5 Å². The Kier molecular flexibility index (Phi) is 3.04. The number of piperazine rings is 1. The first-order chi connectivity index (χ1) is 11.1. The Balaban J connectivity index is 1.51. The van der Waals surface area contributed by atoms with Gasteiger partial charge in [0.2, 0.25) is 0 Å². The second kappa shape index (κ2) is 4.97.